The molecule has 0 aliphatic carbocycles. The van der Waals surface area contributed by atoms with E-state index in [4.69, 9.17) is 32.3 Å². The van der Waals surface area contributed by atoms with Crippen molar-refractivity contribution in [1.29, 1.82) is 0 Å². The molecule has 0 saturated heterocycles. The van der Waals surface area contributed by atoms with Crippen molar-refractivity contribution in [1.82, 2.24) is 0 Å². The van der Waals surface area contributed by atoms with Gasteiger partial charge in [-0.25, -0.2) is 9.13 Å². The van der Waals surface area contributed by atoms with Crippen molar-refractivity contribution in [2.24, 2.45) is 0 Å². The molecule has 0 bridgehead atoms. The van der Waals surface area contributed by atoms with Crippen molar-refractivity contribution in [2.45, 2.75) is 334 Å². The number of aliphatic hydroxyl groups excluding tert-OH is 2. The van der Waals surface area contributed by atoms with Gasteiger partial charge in [0.25, 0.3) is 0 Å². The van der Waals surface area contributed by atoms with Crippen LogP contribution in [0.25, 0.3) is 0 Å². The van der Waals surface area contributed by atoms with Gasteiger partial charge in [-0.3, -0.25) is 32.5 Å². The first kappa shape index (κ1) is 96.7. The smallest absolute Gasteiger partial charge is 0.463 e. The number of carbonyl (C=O) groups is 3. The highest BCUT2D eigenvalue weighted by Gasteiger charge is 2.29. The van der Waals surface area contributed by atoms with Crippen LogP contribution in [0.2, 0.25) is 0 Å². The molecule has 580 valence electrons. The van der Waals surface area contributed by atoms with Crippen LogP contribution in [-0.2, 0) is 55.8 Å². The minimum atomic E-state index is -4.94. The molecule has 5 atom stereocenters. The Morgan fingerprint density at radius 2 is 0.525 bits per heavy atom. The molecule has 16 nitrogen and oxygen atoms in total. The third-order valence-corrected chi connectivity index (χ3v) is 18.2. The van der Waals surface area contributed by atoms with Crippen molar-refractivity contribution >= 4 is 33.6 Å². The maximum absolute atomic E-state index is 12.9. The molecule has 101 heavy (non-hydrogen) atoms. The first-order valence-corrected chi connectivity index (χ1v) is 42.5. The Morgan fingerprint density at radius 1 is 0.287 bits per heavy atom. The van der Waals surface area contributed by atoms with Crippen molar-refractivity contribution in [3.05, 3.63) is 134 Å². The normalized spacial score (nSPS) is 14.7. The SMILES string of the molecule is CC/C=C\C/C=C\C/C=C\C/C=C\C/C=C\C/C=C\CCCCCCCCCCCCCCCCC(=O)OCC(O)COP(=O)(O)OCC(O)COP(=O)(O)OCC(COC(=O)CCCCCC/C=C\C/C=C\C/C=C\C/C=C\CC)OC(=O)CCCCCCC/C=C\CCCCCCCC. The number of phosphoric acid groups is 2. The monoisotopic (exact) mass is 1460 g/mol. The van der Waals surface area contributed by atoms with Gasteiger partial charge in [0, 0.05) is 19.3 Å². The number of allylic oxidation sites excluding steroid dienone is 22. The van der Waals surface area contributed by atoms with E-state index in [0.29, 0.717) is 19.3 Å². The van der Waals surface area contributed by atoms with Crippen LogP contribution in [0.15, 0.2) is 134 Å². The Labute approximate surface area is 614 Å². The lowest BCUT2D eigenvalue weighted by Crippen LogP contribution is -2.30. The predicted molar refractivity (Wildman–Crippen MR) is 417 cm³/mol. The van der Waals surface area contributed by atoms with Gasteiger partial charge < -0.3 is 34.2 Å². The number of phosphoric ester groups is 2. The highest BCUT2D eigenvalue weighted by atomic mass is 31.2. The molecule has 0 saturated carbocycles. The Morgan fingerprint density at radius 3 is 0.842 bits per heavy atom. The number of hydrogen-bond acceptors (Lipinski definition) is 14. The van der Waals surface area contributed by atoms with Crippen LogP contribution >= 0.6 is 15.6 Å². The lowest BCUT2D eigenvalue weighted by molar-refractivity contribution is -0.161. The number of hydrogen-bond donors (Lipinski definition) is 4. The van der Waals surface area contributed by atoms with E-state index < -0.39 is 91.5 Å². The summed E-state index contributed by atoms with van der Waals surface area (Å²) in [5.41, 5.74) is 0. The second kappa shape index (κ2) is 75.4. The zero-order chi connectivity index (χ0) is 73.7. The summed E-state index contributed by atoms with van der Waals surface area (Å²) >= 11 is 0. The second-order valence-electron chi connectivity index (χ2n) is 26.1. The van der Waals surface area contributed by atoms with Gasteiger partial charge in [-0.1, -0.05) is 296 Å². The largest absolute Gasteiger partial charge is 0.472 e. The summed E-state index contributed by atoms with van der Waals surface area (Å²) in [6.07, 6.45) is 90.8. The Hall–Kier alpha value is -4.31. The third-order valence-electron chi connectivity index (χ3n) is 16.3. The average molecular weight is 1460 g/mol. The number of aliphatic hydroxyl groups is 2. The maximum atomic E-state index is 12.9. The van der Waals surface area contributed by atoms with Gasteiger partial charge in [-0.15, -0.1) is 0 Å². The van der Waals surface area contributed by atoms with E-state index >= 15 is 0 Å². The van der Waals surface area contributed by atoms with Gasteiger partial charge in [0.1, 0.15) is 25.4 Å². The van der Waals surface area contributed by atoms with Crippen molar-refractivity contribution in [3.63, 3.8) is 0 Å². The maximum Gasteiger partial charge on any atom is 0.472 e. The fourth-order valence-electron chi connectivity index (χ4n) is 10.4. The highest BCUT2D eigenvalue weighted by Crippen LogP contribution is 2.45. The summed E-state index contributed by atoms with van der Waals surface area (Å²) in [6.45, 7) is 2.42. The molecule has 0 amide bonds. The lowest BCUT2D eigenvalue weighted by atomic mass is 10.0. The predicted octanol–water partition coefficient (Wildman–Crippen LogP) is 23.1. The standard InChI is InChI=1S/C83H142O16P2/c1-4-7-10-13-16-19-22-25-28-30-31-32-33-34-35-36-37-38-39-40-41-42-43-44-45-47-50-51-54-57-60-63-66-69-81(86)93-72-78(84)73-95-100(89,90)96-74-79(85)75-97-101(91,92)98-77-80(99-83(88)71-68-65-62-59-56-53-48-27-24-21-18-15-12-9-6-3)76-94-82(87)70-67-64-61-58-55-52-49-46-29-26-23-20-17-14-11-8-5-2/h7-8,10-11,16-17,19-20,25-29,31-32,34-35,37-38,48-49,52,78-80,84-85H,4-6,9,12-15,18,21-24,30,33,36,39-47,50-51,53-77H2,1-3H3,(H,89,90)(H,91,92)/b10-7-,11-8-,19-16-,20-17-,28-25-,29-26-,32-31-,35-34-,38-37-,48-27-,52-49-. The molecule has 0 aliphatic rings. The summed E-state index contributed by atoms with van der Waals surface area (Å²) in [4.78, 5) is 58.6. The molecule has 0 fully saturated rings. The molecule has 0 heterocycles. The molecule has 5 unspecified atom stereocenters. The number of ether oxygens (including phenoxy) is 3. The number of rotatable bonds is 74. The van der Waals surface area contributed by atoms with E-state index in [1.54, 1.807) is 0 Å². The van der Waals surface area contributed by atoms with Crippen LogP contribution in [0.4, 0.5) is 0 Å². The average Bonchev–Trinajstić information content (AvgIpc) is 1.12. The molecule has 0 spiro atoms. The van der Waals surface area contributed by atoms with E-state index in [1.165, 1.54) is 103 Å². The van der Waals surface area contributed by atoms with E-state index in [9.17, 15) is 43.5 Å². The molecular formula is C83H142O16P2. The van der Waals surface area contributed by atoms with E-state index in [0.717, 1.165) is 154 Å². The van der Waals surface area contributed by atoms with Crippen LogP contribution in [-0.4, -0.2) is 95.9 Å². The summed E-state index contributed by atoms with van der Waals surface area (Å²) in [5, 5.41) is 20.6. The van der Waals surface area contributed by atoms with Crippen molar-refractivity contribution in [3.8, 4) is 0 Å². The van der Waals surface area contributed by atoms with Gasteiger partial charge >= 0.3 is 33.6 Å². The van der Waals surface area contributed by atoms with E-state index in [-0.39, 0.29) is 19.3 Å². The molecule has 0 rings (SSSR count). The van der Waals surface area contributed by atoms with Crippen LogP contribution in [0.1, 0.15) is 316 Å². The molecule has 18 heteroatoms. The summed E-state index contributed by atoms with van der Waals surface area (Å²) in [5.74, 6) is -1.61. The summed E-state index contributed by atoms with van der Waals surface area (Å²) < 4.78 is 61.1. The highest BCUT2D eigenvalue weighted by molar-refractivity contribution is 7.47. The van der Waals surface area contributed by atoms with Gasteiger partial charge in [-0.05, 0) is 135 Å². The molecule has 4 N–H and O–H groups in total. The zero-order valence-electron chi connectivity index (χ0n) is 63.3. The van der Waals surface area contributed by atoms with Gasteiger partial charge in [0.05, 0.1) is 26.4 Å². The molecule has 0 aliphatic heterocycles. The molecular weight excluding hydrogens is 1310 g/mol. The lowest BCUT2D eigenvalue weighted by Gasteiger charge is -2.21. The first-order valence-electron chi connectivity index (χ1n) is 39.5. The van der Waals surface area contributed by atoms with Crippen molar-refractivity contribution < 1.29 is 75.8 Å². The summed E-state index contributed by atoms with van der Waals surface area (Å²) in [7, 11) is -9.80. The number of esters is 3. The third kappa shape index (κ3) is 76.6. The Bertz CT molecular complexity index is 2370. The summed E-state index contributed by atoms with van der Waals surface area (Å²) in [6, 6.07) is 0. The zero-order valence-corrected chi connectivity index (χ0v) is 65.1. The van der Waals surface area contributed by atoms with E-state index in [2.05, 4.69) is 154 Å². The van der Waals surface area contributed by atoms with Crippen LogP contribution in [0.3, 0.4) is 0 Å². The number of unbranched alkanes of at least 4 members (excludes halogenated alkanes) is 29. The van der Waals surface area contributed by atoms with Crippen molar-refractivity contribution in [2.75, 3.05) is 39.6 Å². The minimum absolute atomic E-state index is 0.0877. The quantitative estimate of drug-likeness (QED) is 0.0146. The fourth-order valence-corrected chi connectivity index (χ4v) is 12.0. The van der Waals surface area contributed by atoms with Crippen LogP contribution in [0, 0.1) is 0 Å². The van der Waals surface area contributed by atoms with Crippen LogP contribution < -0.4 is 0 Å². The van der Waals surface area contributed by atoms with E-state index in [1.807, 2.05) is 0 Å². The van der Waals surface area contributed by atoms with Crippen LogP contribution in [0.5, 0.6) is 0 Å². The number of carbonyl (C=O) groups excluding carboxylic acids is 3. The van der Waals surface area contributed by atoms with Gasteiger partial charge in [0.15, 0.2) is 6.10 Å². The molecule has 0 radical (unpaired) electrons. The molecule has 0 aromatic carbocycles. The van der Waals surface area contributed by atoms with Gasteiger partial charge in [0.2, 0.25) is 0 Å². The topological polar surface area (TPSA) is 231 Å². The minimum Gasteiger partial charge on any atom is -0.463 e. The molecule has 0 aromatic heterocycles. The van der Waals surface area contributed by atoms with Gasteiger partial charge in [-0.2, -0.15) is 0 Å². The molecule has 0 aromatic rings. The second-order valence-corrected chi connectivity index (χ2v) is 29.0. The fraction of sp³-hybridized carbons (Fsp3) is 0.699. The Kier molecular flexibility index (Phi) is 72.2. The first-order chi connectivity index (χ1) is 49.2. The Balaban J connectivity index is 4.45.